The highest BCUT2D eigenvalue weighted by Crippen LogP contribution is 2.00. The van der Waals surface area contributed by atoms with Gasteiger partial charge in [0.15, 0.2) is 5.78 Å². The molecule has 0 aliphatic rings. The minimum Gasteiger partial charge on any atom is -0.394 e. The summed E-state index contributed by atoms with van der Waals surface area (Å²) >= 11 is 0. The number of aliphatic hydroxyl groups is 5. The van der Waals surface area contributed by atoms with Gasteiger partial charge >= 0.3 is 0 Å². The van der Waals surface area contributed by atoms with Gasteiger partial charge in [-0.2, -0.15) is 0 Å². The van der Waals surface area contributed by atoms with Gasteiger partial charge in [0.05, 0.1) is 12.1 Å². The van der Waals surface area contributed by atoms with E-state index in [2.05, 4.69) is 0 Å². The zero-order valence-electron chi connectivity index (χ0n) is 9.93. The minimum absolute atomic E-state index is 1.25. The number of ketones is 1. The van der Waals surface area contributed by atoms with Crippen molar-refractivity contribution in [3.63, 3.8) is 0 Å². The minimum atomic E-state index is -3.84. The van der Waals surface area contributed by atoms with Crippen LogP contribution in [0.5, 0.6) is 0 Å². The molecule has 0 radical (unpaired) electrons. The van der Waals surface area contributed by atoms with Gasteiger partial charge < -0.3 is 25.5 Å². The van der Waals surface area contributed by atoms with Gasteiger partial charge in [-0.15, -0.1) is 0 Å². The molecule has 0 fully saturated rings. The van der Waals surface area contributed by atoms with E-state index in [1.165, 1.54) is 0 Å². The largest absolute Gasteiger partial charge is 0.394 e. The topological polar surface area (TPSA) is 118 Å². The summed E-state index contributed by atoms with van der Waals surface area (Å²) in [5.74, 6) is -2.23. The highest BCUT2D eigenvalue weighted by Gasteiger charge is 2.28. The van der Waals surface area contributed by atoms with Gasteiger partial charge in [0.2, 0.25) is 0 Å². The molecule has 6 nitrogen and oxygen atoms in total. The fraction of sp³-hybridized carbons (Fsp3) is 0.833. The van der Waals surface area contributed by atoms with Crippen LogP contribution < -0.4 is 0 Å². The summed E-state index contributed by atoms with van der Waals surface area (Å²) in [5.41, 5.74) is 0. The van der Waals surface area contributed by atoms with Gasteiger partial charge in [-0.3, -0.25) is 4.79 Å². The van der Waals surface area contributed by atoms with Crippen molar-refractivity contribution in [2.45, 2.75) is 18.3 Å². The zero-order valence-corrected chi connectivity index (χ0v) is 5.93. The molecule has 5 N–H and O–H groups in total. The third kappa shape index (κ3) is 2.84. The van der Waals surface area contributed by atoms with Crippen LogP contribution in [0, 0.1) is 0 Å². The van der Waals surface area contributed by atoms with E-state index < -0.39 is 37.2 Å². The molecule has 0 aromatic carbocycles. The molecule has 3 atom stereocenters. The van der Waals surface area contributed by atoms with Gasteiger partial charge in [0.1, 0.15) is 24.8 Å². The molecule has 0 spiro atoms. The van der Waals surface area contributed by atoms with Crippen molar-refractivity contribution in [1.82, 2.24) is 0 Å². The summed E-state index contributed by atoms with van der Waals surface area (Å²) in [5, 5.41) is 44.3. The third-order valence-electron chi connectivity index (χ3n) is 1.05. The van der Waals surface area contributed by atoms with Crippen molar-refractivity contribution in [1.29, 1.82) is 0 Å². The van der Waals surface area contributed by atoms with Crippen LogP contribution in [0.1, 0.15) is 5.48 Å². The maximum atomic E-state index is 11.0. The summed E-state index contributed by atoms with van der Waals surface area (Å²) in [7, 11) is 0. The Hall–Kier alpha value is -0.530. The molecule has 0 aromatic rings. The van der Waals surface area contributed by atoms with Crippen molar-refractivity contribution < 1.29 is 35.8 Å². The van der Waals surface area contributed by atoms with E-state index >= 15 is 0 Å². The Balaban J connectivity index is 5.27. The smallest absolute Gasteiger partial charge is 0.189 e. The second-order valence-corrected chi connectivity index (χ2v) is 1.87. The molecule has 0 saturated heterocycles. The first-order valence-electron chi connectivity index (χ1n) is 4.90. The zero-order chi connectivity index (χ0) is 13.4. The lowest BCUT2D eigenvalue weighted by Gasteiger charge is -2.19. The number of carbonyl (C=O) groups excluding carboxylic acids is 1. The molecule has 12 heavy (non-hydrogen) atoms. The number of carbonyl (C=O) groups is 1. The molecule has 6 heteroatoms. The van der Waals surface area contributed by atoms with Crippen molar-refractivity contribution in [3.8, 4) is 0 Å². The number of hydrogen-bond donors (Lipinski definition) is 5. The van der Waals surface area contributed by atoms with E-state index in [-0.39, 0.29) is 0 Å². The van der Waals surface area contributed by atoms with Gasteiger partial charge in [-0.05, 0) is 0 Å². The number of rotatable bonds is 5. The lowest BCUT2D eigenvalue weighted by molar-refractivity contribution is -0.142. The summed E-state index contributed by atoms with van der Waals surface area (Å²) in [6.45, 7) is -4.91. The van der Waals surface area contributed by atoms with Crippen molar-refractivity contribution in [2.75, 3.05) is 13.2 Å². The van der Waals surface area contributed by atoms with E-state index in [0.29, 0.717) is 0 Å². The van der Waals surface area contributed by atoms with Crippen LogP contribution in [0.25, 0.3) is 0 Å². The Kier molecular flexibility index (Phi) is 2.59. The highest BCUT2D eigenvalue weighted by atomic mass is 16.4. The van der Waals surface area contributed by atoms with Crippen LogP contribution in [-0.4, -0.2) is 62.7 Å². The van der Waals surface area contributed by atoms with Crippen molar-refractivity contribution in [2.24, 2.45) is 0 Å². The van der Waals surface area contributed by atoms with Gasteiger partial charge in [-0.1, -0.05) is 0 Å². The van der Waals surface area contributed by atoms with Crippen LogP contribution >= 0.6 is 0 Å². The van der Waals surface area contributed by atoms with Crippen LogP contribution in [-0.2, 0) is 4.79 Å². The molecule has 0 aliphatic carbocycles. The van der Waals surface area contributed by atoms with E-state index in [0.717, 1.165) is 0 Å². The SMILES string of the molecule is [2H]C([2H])(O)C(=O)[C@@]([2H])(O)[C@@]([2H])(O)[C@H](O)CO. The van der Waals surface area contributed by atoms with E-state index in [9.17, 15) is 4.79 Å². The van der Waals surface area contributed by atoms with Crippen LogP contribution in [0.3, 0.4) is 0 Å². The highest BCUT2D eigenvalue weighted by molar-refractivity contribution is 5.84. The molecule has 0 aliphatic heterocycles. The molecule has 0 saturated carbocycles. The summed E-state index contributed by atoms with van der Waals surface area (Å²) in [6.07, 6.45) is -9.82. The predicted octanol–water partition coefficient (Wildman–Crippen LogP) is -3.38. The Morgan fingerprint density at radius 2 is 1.92 bits per heavy atom. The summed E-state index contributed by atoms with van der Waals surface area (Å²) in [4.78, 5) is 11.0. The fourth-order valence-electron chi connectivity index (χ4n) is 0.414. The Morgan fingerprint density at radius 1 is 1.42 bits per heavy atom. The first kappa shape index (κ1) is 6.01. The second kappa shape index (κ2) is 5.18. The number of Topliss-reactive ketones (excluding diaryl/α,β-unsaturated/α-hetero) is 1. The van der Waals surface area contributed by atoms with Crippen LogP contribution in [0.4, 0.5) is 0 Å². The second-order valence-electron chi connectivity index (χ2n) is 1.87. The normalized spacial score (nSPS) is 29.8. The van der Waals surface area contributed by atoms with Gasteiger partial charge in [-0.25, -0.2) is 0 Å². The average molecular weight is 184 g/mol. The molecule has 0 heterocycles. The molecule has 0 bridgehead atoms. The van der Waals surface area contributed by atoms with E-state index in [1.54, 1.807) is 0 Å². The first-order valence-corrected chi connectivity index (χ1v) is 2.90. The Bertz CT molecular complexity index is 273. The average Bonchev–Trinajstić information content (AvgIpc) is 2.13. The lowest BCUT2D eigenvalue weighted by Crippen LogP contribution is -2.44. The van der Waals surface area contributed by atoms with Crippen LogP contribution in [0.15, 0.2) is 0 Å². The molecule has 72 valence electrons. The molecule has 0 aromatic heterocycles. The van der Waals surface area contributed by atoms with Crippen molar-refractivity contribution >= 4 is 5.78 Å². The maximum Gasteiger partial charge on any atom is 0.189 e. The quantitative estimate of drug-likeness (QED) is 0.304. The summed E-state index contributed by atoms with van der Waals surface area (Å²) in [6, 6.07) is 0. The monoisotopic (exact) mass is 184 g/mol. The maximum absolute atomic E-state index is 11.0. The fourth-order valence-corrected chi connectivity index (χ4v) is 0.414. The third-order valence-corrected chi connectivity index (χ3v) is 1.05. The summed E-state index contributed by atoms with van der Waals surface area (Å²) < 4.78 is 26.9. The van der Waals surface area contributed by atoms with E-state index in [1.807, 2.05) is 0 Å². The lowest BCUT2D eigenvalue weighted by atomic mass is 10.1. The molecule has 0 rings (SSSR count). The first-order chi connectivity index (χ1) is 6.89. The van der Waals surface area contributed by atoms with Crippen LogP contribution in [0.2, 0.25) is 0 Å². The number of aliphatic hydroxyl groups excluding tert-OH is 2. The Morgan fingerprint density at radius 3 is 2.25 bits per heavy atom. The van der Waals surface area contributed by atoms with Crippen molar-refractivity contribution in [3.05, 3.63) is 0 Å². The molecular weight excluding hydrogens is 168 g/mol. The standard InChI is InChI=1S/C6H12O6/c7-1-3(9)5(11)6(12)4(10)2-8/h3,5-9,11-12H,1-2H2/t3-,5+,6-/m1/s1/i2D2,5D,6D. The number of hydrogen-bond acceptors (Lipinski definition) is 6. The molecule has 0 amide bonds. The molecular formula is C6H12O6. The van der Waals surface area contributed by atoms with Gasteiger partial charge in [0.25, 0.3) is 0 Å². The predicted molar refractivity (Wildman–Crippen MR) is 37.2 cm³/mol. The van der Waals surface area contributed by atoms with E-state index in [4.69, 9.17) is 31.0 Å². The van der Waals surface area contributed by atoms with Gasteiger partial charge in [0, 0.05) is 0 Å². The molecule has 0 unspecified atom stereocenters. The Labute approximate surface area is 74.3 Å².